The number of primary amides is 1. The van der Waals surface area contributed by atoms with E-state index in [1.54, 1.807) is 0 Å². The van der Waals surface area contributed by atoms with Crippen LogP contribution in [-0.4, -0.2) is 93.5 Å². The summed E-state index contributed by atoms with van der Waals surface area (Å²) >= 11 is 0. The minimum Gasteiger partial charge on any atom is -0.480 e. The van der Waals surface area contributed by atoms with Gasteiger partial charge in [-0.25, -0.2) is 0 Å². The fourth-order valence-corrected chi connectivity index (χ4v) is 0.304. The van der Waals surface area contributed by atoms with Crippen LogP contribution in [0, 0.1) is 0 Å². The van der Waals surface area contributed by atoms with Crippen molar-refractivity contribution in [3.05, 3.63) is 0 Å². The molecule has 0 aliphatic rings. The number of carbonyl (C=O) groups excluding carboxylic acids is 1. The van der Waals surface area contributed by atoms with Crippen LogP contribution in [0.5, 0.6) is 0 Å². The Morgan fingerprint density at radius 1 is 0.586 bits per heavy atom. The molecule has 1 unspecified atom stereocenters. The lowest BCUT2D eigenvalue weighted by molar-refractivity contribution is -0.140. The summed E-state index contributed by atoms with van der Waals surface area (Å²) < 4.78 is 0. The molecule has 0 radical (unpaired) electrons. The molecule has 0 aromatic heterocycles. The molecule has 172 valence electrons. The molecule has 1 amide bonds. The Hall–Kier alpha value is -3.38. The maximum atomic E-state index is 9.99. The highest BCUT2D eigenvalue weighted by molar-refractivity contribution is 5.83. The lowest BCUT2D eigenvalue weighted by Crippen LogP contribution is -2.34. The number of carboxylic acids is 5. The molecular formula is C12H28N6O11. The average molecular weight is 432 g/mol. The Morgan fingerprint density at radius 2 is 0.759 bits per heavy atom. The molecule has 0 spiro atoms. The molecular weight excluding hydrogens is 404 g/mol. The molecule has 0 bridgehead atoms. The molecule has 0 saturated carbocycles. The second kappa shape index (κ2) is 26.8. The third kappa shape index (κ3) is 79.1. The van der Waals surface area contributed by atoms with Crippen LogP contribution in [0.3, 0.4) is 0 Å². The van der Waals surface area contributed by atoms with E-state index >= 15 is 0 Å². The van der Waals surface area contributed by atoms with Crippen molar-refractivity contribution in [2.75, 3.05) is 26.2 Å². The van der Waals surface area contributed by atoms with Gasteiger partial charge in [-0.3, -0.25) is 28.8 Å². The van der Waals surface area contributed by atoms with Gasteiger partial charge < -0.3 is 59.9 Å². The summed E-state index contributed by atoms with van der Waals surface area (Å²) in [6.45, 7) is -1.11. The highest BCUT2D eigenvalue weighted by Gasteiger charge is 2.13. The minimum atomic E-state index is -1.21. The van der Waals surface area contributed by atoms with Crippen molar-refractivity contribution < 1.29 is 54.3 Å². The topological polar surface area (TPSA) is 360 Å². The molecule has 1 atom stereocenters. The second-order valence-corrected chi connectivity index (χ2v) is 4.01. The molecule has 0 fully saturated rings. The number of hydrogen-bond donors (Lipinski definition) is 11. The van der Waals surface area contributed by atoms with Crippen molar-refractivity contribution in [1.82, 2.24) is 0 Å². The number of aliphatic carboxylic acids is 5. The van der Waals surface area contributed by atoms with E-state index in [2.05, 4.69) is 28.7 Å². The molecule has 29 heavy (non-hydrogen) atoms. The van der Waals surface area contributed by atoms with Gasteiger partial charge in [-0.05, 0) is 0 Å². The Balaban J connectivity index is -0.0000000853. The van der Waals surface area contributed by atoms with Crippen LogP contribution in [0.4, 0.5) is 0 Å². The Morgan fingerprint density at radius 3 is 0.793 bits per heavy atom. The highest BCUT2D eigenvalue weighted by atomic mass is 16.4. The quantitative estimate of drug-likeness (QED) is 0.178. The summed E-state index contributed by atoms with van der Waals surface area (Å²) in [6, 6.07) is -1.16. The second-order valence-electron chi connectivity index (χ2n) is 4.01. The van der Waals surface area contributed by atoms with Gasteiger partial charge in [0.05, 0.1) is 32.6 Å². The first-order valence-electron chi connectivity index (χ1n) is 7.06. The van der Waals surface area contributed by atoms with Crippen LogP contribution in [0.25, 0.3) is 0 Å². The number of hydrogen-bond acceptors (Lipinski definition) is 11. The number of rotatable bonds is 7. The molecule has 17 nitrogen and oxygen atoms in total. The van der Waals surface area contributed by atoms with Crippen LogP contribution in [-0.2, 0) is 28.8 Å². The molecule has 0 heterocycles. The number of nitrogens with two attached hydrogens (primary N) is 6. The van der Waals surface area contributed by atoms with E-state index in [1.807, 2.05) is 0 Å². The number of carboxylic acid groups (broad SMARTS) is 5. The third-order valence-electron chi connectivity index (χ3n) is 1.44. The molecule has 0 aromatic carbocycles. The zero-order chi connectivity index (χ0) is 24.6. The number of carbonyl (C=O) groups is 6. The van der Waals surface area contributed by atoms with Gasteiger partial charge in [-0.2, -0.15) is 0 Å². The average Bonchev–Trinajstić information content (AvgIpc) is 2.62. The van der Waals surface area contributed by atoms with Gasteiger partial charge in [-0.1, -0.05) is 0 Å². The molecule has 17 heteroatoms. The van der Waals surface area contributed by atoms with Crippen molar-refractivity contribution in [3.63, 3.8) is 0 Å². The monoisotopic (exact) mass is 432 g/mol. The van der Waals surface area contributed by atoms with Crippen molar-refractivity contribution in [2.24, 2.45) is 34.4 Å². The Kier molecular flexibility index (Phi) is 33.8. The van der Waals surface area contributed by atoms with Gasteiger partial charge in [0.1, 0.15) is 6.04 Å². The van der Waals surface area contributed by atoms with Crippen LogP contribution in [0.15, 0.2) is 0 Å². The highest BCUT2D eigenvalue weighted by Crippen LogP contribution is 1.84. The fraction of sp³-hybridized carbons (Fsp3) is 0.500. The lowest BCUT2D eigenvalue weighted by atomic mass is 10.2. The summed E-state index contributed by atoms with van der Waals surface area (Å²) in [5.41, 5.74) is 27.9. The van der Waals surface area contributed by atoms with Gasteiger partial charge in [0.25, 0.3) is 0 Å². The zero-order valence-corrected chi connectivity index (χ0v) is 15.3. The predicted molar refractivity (Wildman–Crippen MR) is 96.2 cm³/mol. The smallest absolute Gasteiger partial charge is 0.321 e. The van der Waals surface area contributed by atoms with Gasteiger partial charge >= 0.3 is 29.8 Å². The largest absolute Gasteiger partial charge is 0.480 e. The predicted octanol–water partition coefficient (Wildman–Crippen LogP) is -5.61. The molecule has 0 saturated heterocycles. The van der Waals surface area contributed by atoms with E-state index in [1.165, 1.54) is 0 Å². The SMILES string of the molecule is NC(=O)CC(N)C(=O)O.NCC(=O)O.NCC(=O)O.NCC(=O)O.NCC(=O)O. The normalized spacial score (nSPS) is 9.00. The third-order valence-corrected chi connectivity index (χ3v) is 1.44. The molecule has 0 rings (SSSR count). The van der Waals surface area contributed by atoms with Gasteiger partial charge in [0.2, 0.25) is 5.91 Å². The molecule has 17 N–H and O–H groups in total. The maximum absolute atomic E-state index is 9.99. The van der Waals surface area contributed by atoms with Crippen molar-refractivity contribution in [3.8, 4) is 0 Å². The number of amides is 1. The fourth-order valence-electron chi connectivity index (χ4n) is 0.304. The molecule has 0 aliphatic heterocycles. The standard InChI is InChI=1S/C4H8N2O3.4C2H5NO2/c5-2(4(8)9)1-3(6)7;4*3-1-2(4)5/h2H,1,5H2,(H2,6,7)(H,8,9);4*1,3H2,(H,4,5). The van der Waals surface area contributed by atoms with Gasteiger partial charge in [-0.15, -0.1) is 0 Å². The summed E-state index contributed by atoms with van der Waals surface area (Å²) in [7, 11) is 0. The van der Waals surface area contributed by atoms with E-state index in [0.29, 0.717) is 0 Å². The van der Waals surface area contributed by atoms with Crippen LogP contribution in [0.1, 0.15) is 6.42 Å². The van der Waals surface area contributed by atoms with E-state index in [4.69, 9.17) is 31.3 Å². The zero-order valence-electron chi connectivity index (χ0n) is 15.3. The van der Waals surface area contributed by atoms with Crippen molar-refractivity contribution in [2.45, 2.75) is 12.5 Å². The molecule has 0 aliphatic carbocycles. The Bertz CT molecular complexity index is 445. The van der Waals surface area contributed by atoms with Crippen molar-refractivity contribution in [1.29, 1.82) is 0 Å². The van der Waals surface area contributed by atoms with E-state index in [9.17, 15) is 28.8 Å². The van der Waals surface area contributed by atoms with Crippen molar-refractivity contribution >= 4 is 35.8 Å². The first kappa shape index (κ1) is 36.5. The molecule has 0 aromatic rings. The van der Waals surface area contributed by atoms with E-state index in [-0.39, 0.29) is 32.6 Å². The summed E-state index contributed by atoms with van der Waals surface area (Å²) in [5, 5.41) is 38.5. The maximum Gasteiger partial charge on any atom is 0.321 e. The Labute approximate surface area is 164 Å². The first-order valence-corrected chi connectivity index (χ1v) is 7.06. The van der Waals surface area contributed by atoms with Crippen LogP contribution >= 0.6 is 0 Å². The van der Waals surface area contributed by atoms with E-state index < -0.39 is 41.8 Å². The summed E-state index contributed by atoms with van der Waals surface area (Å²) in [5.74, 6) is -5.79. The van der Waals surface area contributed by atoms with Gasteiger partial charge in [0.15, 0.2) is 0 Å². The van der Waals surface area contributed by atoms with Crippen LogP contribution < -0.4 is 34.4 Å². The summed E-state index contributed by atoms with van der Waals surface area (Å²) in [4.78, 5) is 56.9. The lowest BCUT2D eigenvalue weighted by Gasteiger charge is -1.99. The van der Waals surface area contributed by atoms with Crippen LogP contribution in [0.2, 0.25) is 0 Å². The summed E-state index contributed by atoms with van der Waals surface area (Å²) in [6.07, 6.45) is -0.310. The minimum absolute atomic E-state index is 0.278. The van der Waals surface area contributed by atoms with Gasteiger partial charge in [0, 0.05) is 0 Å². The first-order chi connectivity index (χ1) is 13.1. The van der Waals surface area contributed by atoms with E-state index in [0.717, 1.165) is 0 Å².